The van der Waals surface area contributed by atoms with Crippen molar-refractivity contribution < 1.29 is 19.1 Å². The standard InChI is InChI=1S/C22H23NO4/c1-2-26-22(25)20-19-16(11-14-23-12-6-13-23)17(24)9-10-18(19)27-21(20)15-7-4-3-5-8-15/h3-5,7-10,24H,2,6,11-14H2,1H3. The number of phenols is 1. The van der Waals surface area contributed by atoms with E-state index in [1.807, 2.05) is 30.3 Å². The largest absolute Gasteiger partial charge is 0.508 e. The fourth-order valence-corrected chi connectivity index (χ4v) is 3.57. The van der Waals surface area contributed by atoms with E-state index in [-0.39, 0.29) is 12.4 Å². The Balaban J connectivity index is 1.88. The number of ether oxygens (including phenoxy) is 1. The van der Waals surface area contributed by atoms with Gasteiger partial charge in [-0.1, -0.05) is 30.3 Å². The van der Waals surface area contributed by atoms with Gasteiger partial charge in [0.1, 0.15) is 22.7 Å². The third kappa shape index (κ3) is 3.30. The van der Waals surface area contributed by atoms with Gasteiger partial charge in [-0.25, -0.2) is 4.79 Å². The molecule has 1 aromatic heterocycles. The SMILES string of the molecule is CCOC(=O)c1c(-c2ccccc2)oc2ccc(O)c(CCN3CCC3)c12. The van der Waals surface area contributed by atoms with Crippen molar-refractivity contribution in [2.75, 3.05) is 26.2 Å². The fourth-order valence-electron chi connectivity index (χ4n) is 3.57. The van der Waals surface area contributed by atoms with Crippen molar-refractivity contribution in [3.8, 4) is 17.1 Å². The average Bonchev–Trinajstić information content (AvgIpc) is 3.03. The first kappa shape index (κ1) is 17.6. The molecule has 1 N–H and O–H groups in total. The van der Waals surface area contributed by atoms with E-state index in [4.69, 9.17) is 9.15 Å². The summed E-state index contributed by atoms with van der Waals surface area (Å²) in [5.41, 5.74) is 2.54. The van der Waals surface area contributed by atoms with Crippen LogP contribution in [0.5, 0.6) is 5.75 Å². The monoisotopic (exact) mass is 365 g/mol. The van der Waals surface area contributed by atoms with E-state index < -0.39 is 5.97 Å². The van der Waals surface area contributed by atoms with Crippen LogP contribution in [-0.2, 0) is 11.2 Å². The lowest BCUT2D eigenvalue weighted by atomic mass is 9.98. The zero-order valence-electron chi connectivity index (χ0n) is 15.4. The van der Waals surface area contributed by atoms with Gasteiger partial charge in [0.2, 0.25) is 0 Å². The van der Waals surface area contributed by atoms with Crippen LogP contribution >= 0.6 is 0 Å². The van der Waals surface area contributed by atoms with Crippen LogP contribution in [0.3, 0.4) is 0 Å². The number of esters is 1. The maximum atomic E-state index is 12.8. The first-order valence-electron chi connectivity index (χ1n) is 9.41. The molecule has 3 aromatic rings. The molecule has 2 heterocycles. The molecule has 1 saturated heterocycles. The van der Waals surface area contributed by atoms with Gasteiger partial charge in [0, 0.05) is 23.1 Å². The summed E-state index contributed by atoms with van der Waals surface area (Å²) in [6, 6.07) is 12.9. The zero-order valence-corrected chi connectivity index (χ0v) is 15.4. The Morgan fingerprint density at radius 2 is 1.96 bits per heavy atom. The van der Waals surface area contributed by atoms with Crippen LogP contribution in [-0.4, -0.2) is 42.2 Å². The molecule has 0 atom stereocenters. The molecular formula is C22H23NO4. The highest BCUT2D eigenvalue weighted by Crippen LogP contribution is 2.39. The minimum absolute atomic E-state index is 0.189. The molecule has 27 heavy (non-hydrogen) atoms. The van der Waals surface area contributed by atoms with Crippen molar-refractivity contribution in [2.45, 2.75) is 19.8 Å². The Hall–Kier alpha value is -2.79. The Kier molecular flexibility index (Phi) is 4.86. The topological polar surface area (TPSA) is 62.9 Å². The molecule has 0 amide bonds. The van der Waals surface area contributed by atoms with Gasteiger partial charge in [0.15, 0.2) is 0 Å². The summed E-state index contributed by atoms with van der Waals surface area (Å²) < 4.78 is 11.4. The van der Waals surface area contributed by atoms with E-state index in [9.17, 15) is 9.90 Å². The highest BCUT2D eigenvalue weighted by molar-refractivity contribution is 6.10. The highest BCUT2D eigenvalue weighted by Gasteiger charge is 2.27. The molecule has 2 aromatic carbocycles. The maximum Gasteiger partial charge on any atom is 0.342 e. The smallest absolute Gasteiger partial charge is 0.342 e. The summed E-state index contributed by atoms with van der Waals surface area (Å²) in [5, 5.41) is 11.2. The van der Waals surface area contributed by atoms with Gasteiger partial charge in [-0.3, -0.25) is 0 Å². The van der Waals surface area contributed by atoms with Crippen LogP contribution < -0.4 is 0 Å². The van der Waals surface area contributed by atoms with Crippen molar-refractivity contribution in [1.29, 1.82) is 0 Å². The molecule has 0 aliphatic carbocycles. The number of hydrogen-bond acceptors (Lipinski definition) is 5. The van der Waals surface area contributed by atoms with Gasteiger partial charge >= 0.3 is 5.97 Å². The Bertz CT molecular complexity index is 957. The van der Waals surface area contributed by atoms with Gasteiger partial charge in [-0.2, -0.15) is 0 Å². The molecule has 140 valence electrons. The van der Waals surface area contributed by atoms with E-state index >= 15 is 0 Å². The lowest BCUT2D eigenvalue weighted by Crippen LogP contribution is -2.38. The third-order valence-corrected chi connectivity index (χ3v) is 5.08. The Morgan fingerprint density at radius 3 is 2.63 bits per heavy atom. The molecule has 5 heteroatoms. The molecule has 0 bridgehead atoms. The second-order valence-corrected chi connectivity index (χ2v) is 6.77. The minimum Gasteiger partial charge on any atom is -0.508 e. The summed E-state index contributed by atoms with van der Waals surface area (Å²) in [5.74, 6) is 0.250. The number of nitrogens with zero attached hydrogens (tertiary/aromatic N) is 1. The number of carbonyl (C=O) groups excluding carboxylic acids is 1. The van der Waals surface area contributed by atoms with E-state index in [1.54, 1.807) is 19.1 Å². The van der Waals surface area contributed by atoms with Crippen LogP contribution in [0.15, 0.2) is 46.9 Å². The maximum absolute atomic E-state index is 12.8. The average molecular weight is 365 g/mol. The molecule has 1 aliphatic heterocycles. The van der Waals surface area contributed by atoms with Crippen molar-refractivity contribution >= 4 is 16.9 Å². The van der Waals surface area contributed by atoms with Crippen molar-refractivity contribution in [3.05, 3.63) is 53.6 Å². The summed E-state index contributed by atoms with van der Waals surface area (Å²) in [6.45, 7) is 5.08. The zero-order chi connectivity index (χ0) is 18.8. The first-order chi connectivity index (χ1) is 13.2. The van der Waals surface area contributed by atoms with E-state index in [2.05, 4.69) is 4.90 Å². The molecule has 0 saturated carbocycles. The number of furan rings is 1. The number of rotatable bonds is 6. The van der Waals surface area contributed by atoms with Gasteiger partial charge in [-0.05, 0) is 45.0 Å². The summed E-state index contributed by atoms with van der Waals surface area (Å²) in [7, 11) is 0. The second-order valence-electron chi connectivity index (χ2n) is 6.77. The minimum atomic E-state index is -0.425. The molecular weight excluding hydrogens is 342 g/mol. The normalized spacial score (nSPS) is 14.3. The quantitative estimate of drug-likeness (QED) is 0.662. The number of benzene rings is 2. The molecule has 1 fully saturated rings. The number of hydrogen-bond donors (Lipinski definition) is 1. The number of likely N-dealkylation sites (tertiary alicyclic amines) is 1. The van der Waals surface area contributed by atoms with E-state index in [1.165, 1.54) is 6.42 Å². The van der Waals surface area contributed by atoms with Gasteiger partial charge in [0.05, 0.1) is 6.61 Å². The predicted molar refractivity (Wildman–Crippen MR) is 104 cm³/mol. The van der Waals surface area contributed by atoms with Crippen LogP contribution in [0.1, 0.15) is 29.3 Å². The summed E-state index contributed by atoms with van der Waals surface area (Å²) in [6.07, 6.45) is 1.87. The van der Waals surface area contributed by atoms with E-state index in [0.717, 1.165) is 30.8 Å². The van der Waals surface area contributed by atoms with Gasteiger partial charge in [-0.15, -0.1) is 0 Å². The van der Waals surface area contributed by atoms with Crippen molar-refractivity contribution in [2.24, 2.45) is 0 Å². The van der Waals surface area contributed by atoms with Crippen LogP contribution in [0.2, 0.25) is 0 Å². The molecule has 5 nitrogen and oxygen atoms in total. The third-order valence-electron chi connectivity index (χ3n) is 5.08. The lowest BCUT2D eigenvalue weighted by molar-refractivity contribution is 0.0528. The van der Waals surface area contributed by atoms with Crippen LogP contribution in [0.25, 0.3) is 22.3 Å². The number of fused-ring (bicyclic) bond motifs is 1. The molecule has 4 rings (SSSR count). The lowest BCUT2D eigenvalue weighted by Gasteiger charge is -2.30. The summed E-state index contributed by atoms with van der Waals surface area (Å²) >= 11 is 0. The van der Waals surface area contributed by atoms with Crippen LogP contribution in [0, 0.1) is 0 Å². The van der Waals surface area contributed by atoms with Gasteiger partial charge < -0.3 is 19.2 Å². The Morgan fingerprint density at radius 1 is 1.19 bits per heavy atom. The number of phenolic OH excluding ortho intramolecular Hbond substituents is 1. The van der Waals surface area contributed by atoms with Gasteiger partial charge in [0.25, 0.3) is 0 Å². The molecule has 1 aliphatic rings. The van der Waals surface area contributed by atoms with Crippen molar-refractivity contribution in [1.82, 2.24) is 4.90 Å². The molecule has 0 unspecified atom stereocenters. The van der Waals surface area contributed by atoms with E-state index in [0.29, 0.717) is 28.7 Å². The second kappa shape index (κ2) is 7.45. The fraction of sp³-hybridized carbons (Fsp3) is 0.318. The first-order valence-corrected chi connectivity index (χ1v) is 9.41. The van der Waals surface area contributed by atoms with Crippen molar-refractivity contribution in [3.63, 3.8) is 0 Å². The Labute approximate surface area is 158 Å². The highest BCUT2D eigenvalue weighted by atomic mass is 16.5. The predicted octanol–water partition coefficient (Wildman–Crippen LogP) is 4.23. The molecule has 0 radical (unpaired) electrons. The summed E-state index contributed by atoms with van der Waals surface area (Å²) in [4.78, 5) is 15.1. The molecule has 0 spiro atoms. The number of aromatic hydroxyl groups is 1. The number of carbonyl (C=O) groups is 1. The van der Waals surface area contributed by atoms with Crippen LogP contribution in [0.4, 0.5) is 0 Å².